The number of aliphatic hydroxyl groups excluding tert-OH is 1. The van der Waals surface area contributed by atoms with Crippen LogP contribution in [0, 0.1) is 10.1 Å². The molecule has 0 aromatic carbocycles. The van der Waals surface area contributed by atoms with Crippen LogP contribution < -0.4 is 5.32 Å². The number of nitrogens with zero attached hydrogens (tertiary/aromatic N) is 2. The molecule has 0 aliphatic rings. The molecule has 0 spiro atoms. The van der Waals surface area contributed by atoms with Gasteiger partial charge in [-0.15, -0.1) is 5.10 Å². The normalized spacial score (nSPS) is 12.5. The van der Waals surface area contributed by atoms with Gasteiger partial charge in [-0.3, -0.25) is 0 Å². The smallest absolute Gasteiger partial charge is 0.366 e. The van der Waals surface area contributed by atoms with Crippen molar-refractivity contribution in [1.29, 1.82) is 0 Å². The maximum Gasteiger partial charge on any atom is 0.366 e. The maximum absolute atomic E-state index is 10.4. The Labute approximate surface area is 73.9 Å². The summed E-state index contributed by atoms with van der Waals surface area (Å²) in [5.74, 6) is -0.194. The quantitative estimate of drug-likeness (QED) is 0.457. The van der Waals surface area contributed by atoms with Gasteiger partial charge in [0.2, 0.25) is 0 Å². The molecule has 1 aromatic heterocycles. The first kappa shape index (κ1) is 9.46. The number of aromatic amines is 1. The van der Waals surface area contributed by atoms with Crippen molar-refractivity contribution in [1.82, 2.24) is 10.2 Å². The maximum atomic E-state index is 10.4. The average Bonchev–Trinajstić information content (AvgIpc) is 2.52. The van der Waals surface area contributed by atoms with Crippen LogP contribution in [0.2, 0.25) is 0 Å². The van der Waals surface area contributed by atoms with E-state index in [0.29, 0.717) is 0 Å². The lowest BCUT2D eigenvalue weighted by Gasteiger charge is -2.08. The molecule has 3 N–H and O–H groups in total. The van der Waals surface area contributed by atoms with Gasteiger partial charge in [0.25, 0.3) is 0 Å². The molecular formula is C6H10N4O3. The second-order valence-corrected chi connectivity index (χ2v) is 2.62. The number of anilines is 1. The van der Waals surface area contributed by atoms with Crippen molar-refractivity contribution in [3.05, 3.63) is 16.3 Å². The molecule has 1 aromatic rings. The molecule has 13 heavy (non-hydrogen) atoms. The Hall–Kier alpha value is -1.63. The largest absolute Gasteiger partial charge is 0.394 e. The first-order valence-electron chi connectivity index (χ1n) is 3.70. The van der Waals surface area contributed by atoms with Gasteiger partial charge in [-0.05, 0) is 11.8 Å². The van der Waals surface area contributed by atoms with E-state index in [-0.39, 0.29) is 24.2 Å². The Morgan fingerprint density at radius 1 is 1.92 bits per heavy atom. The number of nitrogens with one attached hydrogen (secondary N) is 2. The molecule has 0 bridgehead atoms. The minimum absolute atomic E-state index is 0.0949. The van der Waals surface area contributed by atoms with Gasteiger partial charge in [-0.25, -0.2) is 0 Å². The van der Waals surface area contributed by atoms with Gasteiger partial charge < -0.3 is 20.5 Å². The summed E-state index contributed by atoms with van der Waals surface area (Å²) in [5, 5.41) is 27.6. The van der Waals surface area contributed by atoms with Crippen LogP contribution in [0.4, 0.5) is 11.5 Å². The number of hydrogen-bond donors (Lipinski definition) is 3. The van der Waals surface area contributed by atoms with E-state index >= 15 is 0 Å². The van der Waals surface area contributed by atoms with E-state index in [0.717, 1.165) is 0 Å². The Kier molecular flexibility index (Phi) is 2.80. The monoisotopic (exact) mass is 186 g/mol. The van der Waals surface area contributed by atoms with E-state index < -0.39 is 4.92 Å². The molecule has 7 nitrogen and oxygen atoms in total. The molecular weight excluding hydrogens is 176 g/mol. The molecule has 0 aliphatic carbocycles. The van der Waals surface area contributed by atoms with E-state index in [1.54, 1.807) is 6.92 Å². The molecule has 0 saturated heterocycles. The van der Waals surface area contributed by atoms with Gasteiger partial charge in [-0.2, -0.15) is 0 Å². The highest BCUT2D eigenvalue weighted by Gasteiger charge is 2.15. The summed E-state index contributed by atoms with van der Waals surface area (Å²) in [5.41, 5.74) is 0.284. The number of aromatic nitrogens is 2. The summed E-state index contributed by atoms with van der Waals surface area (Å²) in [6.07, 6.45) is 1.31. The van der Waals surface area contributed by atoms with Crippen molar-refractivity contribution in [3.8, 4) is 0 Å². The Morgan fingerprint density at radius 3 is 3.15 bits per heavy atom. The van der Waals surface area contributed by atoms with Crippen molar-refractivity contribution in [3.63, 3.8) is 0 Å². The zero-order valence-corrected chi connectivity index (χ0v) is 7.02. The third kappa shape index (κ3) is 2.15. The van der Waals surface area contributed by atoms with Crippen LogP contribution in [-0.2, 0) is 0 Å². The van der Waals surface area contributed by atoms with Crippen molar-refractivity contribution in [2.24, 2.45) is 0 Å². The van der Waals surface area contributed by atoms with Gasteiger partial charge in [0, 0.05) is 6.04 Å². The summed E-state index contributed by atoms with van der Waals surface area (Å²) < 4.78 is 0. The van der Waals surface area contributed by atoms with Crippen LogP contribution in [0.25, 0.3) is 0 Å². The highest BCUT2D eigenvalue weighted by Crippen LogP contribution is 2.20. The van der Waals surface area contributed by atoms with Crippen LogP contribution >= 0.6 is 0 Å². The Morgan fingerprint density at radius 2 is 2.62 bits per heavy atom. The molecule has 0 amide bonds. The van der Waals surface area contributed by atoms with Gasteiger partial charge in [-0.1, -0.05) is 5.10 Å². The van der Waals surface area contributed by atoms with Crippen LogP contribution in [0.15, 0.2) is 6.20 Å². The minimum Gasteiger partial charge on any atom is -0.394 e. The summed E-state index contributed by atoms with van der Waals surface area (Å²) in [7, 11) is 0. The van der Waals surface area contributed by atoms with E-state index in [4.69, 9.17) is 5.11 Å². The predicted octanol–water partition coefficient (Wildman–Crippen LogP) is 0.111. The van der Waals surface area contributed by atoms with Crippen molar-refractivity contribution < 1.29 is 10.0 Å². The van der Waals surface area contributed by atoms with Gasteiger partial charge in [0.15, 0.2) is 5.69 Å². The van der Waals surface area contributed by atoms with Crippen molar-refractivity contribution in [2.75, 3.05) is 11.9 Å². The van der Waals surface area contributed by atoms with Crippen LogP contribution in [0.5, 0.6) is 0 Å². The van der Waals surface area contributed by atoms with Gasteiger partial charge in [0.1, 0.15) is 6.20 Å². The number of H-pyrrole nitrogens is 1. The van der Waals surface area contributed by atoms with Gasteiger partial charge >= 0.3 is 5.82 Å². The Bertz CT molecular complexity index is 298. The summed E-state index contributed by atoms with van der Waals surface area (Å²) in [6, 6.07) is -0.240. The zero-order chi connectivity index (χ0) is 9.84. The highest BCUT2D eigenvalue weighted by atomic mass is 16.6. The average molecular weight is 186 g/mol. The van der Waals surface area contributed by atoms with E-state index in [1.165, 1.54) is 6.20 Å². The SMILES string of the molecule is CC(CO)Nc1cn[nH]c1[N+](=O)[O-]. The van der Waals surface area contributed by atoms with Crippen molar-refractivity contribution >= 4 is 11.5 Å². The molecule has 0 aliphatic heterocycles. The summed E-state index contributed by atoms with van der Waals surface area (Å²) in [4.78, 5) is 9.81. The molecule has 7 heteroatoms. The van der Waals surface area contributed by atoms with E-state index in [9.17, 15) is 10.1 Å². The number of rotatable bonds is 4. The third-order valence-electron chi connectivity index (χ3n) is 1.48. The lowest BCUT2D eigenvalue weighted by Crippen LogP contribution is -2.19. The standard InChI is InChI=1S/C6H10N4O3/c1-4(3-11)8-5-2-7-9-6(5)10(12)13/h2,4,8,11H,3H2,1H3,(H,7,9). The fourth-order valence-corrected chi connectivity index (χ4v) is 0.835. The second kappa shape index (κ2) is 3.85. The lowest BCUT2D eigenvalue weighted by atomic mass is 10.3. The summed E-state index contributed by atoms with van der Waals surface area (Å²) in [6.45, 7) is 1.61. The molecule has 0 saturated carbocycles. The highest BCUT2D eigenvalue weighted by molar-refractivity contribution is 5.55. The number of aliphatic hydroxyl groups is 1. The minimum atomic E-state index is -0.570. The van der Waals surface area contributed by atoms with Crippen LogP contribution in [-0.4, -0.2) is 32.9 Å². The fourth-order valence-electron chi connectivity index (χ4n) is 0.835. The topological polar surface area (TPSA) is 104 Å². The Balaban J connectivity index is 2.76. The predicted molar refractivity (Wildman–Crippen MR) is 45.4 cm³/mol. The molecule has 72 valence electrons. The first-order valence-corrected chi connectivity index (χ1v) is 3.70. The number of hydrogen-bond acceptors (Lipinski definition) is 5. The molecule has 1 rings (SSSR count). The number of nitro groups is 1. The molecule has 1 atom stereocenters. The zero-order valence-electron chi connectivity index (χ0n) is 7.02. The second-order valence-electron chi connectivity index (χ2n) is 2.62. The van der Waals surface area contributed by atoms with Crippen LogP contribution in [0.1, 0.15) is 6.92 Å². The first-order chi connectivity index (χ1) is 6.15. The fraction of sp³-hybridized carbons (Fsp3) is 0.500. The van der Waals surface area contributed by atoms with E-state index in [2.05, 4.69) is 15.5 Å². The van der Waals surface area contributed by atoms with Gasteiger partial charge in [0.05, 0.1) is 6.61 Å². The van der Waals surface area contributed by atoms with Crippen molar-refractivity contribution in [2.45, 2.75) is 13.0 Å². The molecule has 0 radical (unpaired) electrons. The van der Waals surface area contributed by atoms with Crippen LogP contribution in [0.3, 0.4) is 0 Å². The van der Waals surface area contributed by atoms with E-state index in [1.807, 2.05) is 0 Å². The molecule has 1 heterocycles. The summed E-state index contributed by atoms with van der Waals surface area (Å²) >= 11 is 0. The lowest BCUT2D eigenvalue weighted by molar-refractivity contribution is -0.388. The third-order valence-corrected chi connectivity index (χ3v) is 1.48. The molecule has 0 fully saturated rings. The molecule has 1 unspecified atom stereocenters.